The first kappa shape index (κ1) is 13.1. The molecule has 0 aliphatic carbocycles. The third-order valence-corrected chi connectivity index (χ3v) is 3.72. The summed E-state index contributed by atoms with van der Waals surface area (Å²) in [5.74, 6) is 1.72. The Hall–Kier alpha value is -1.32. The predicted octanol–water partition coefficient (Wildman–Crippen LogP) is 4.32. The SMILES string of the molecule is Cc1cc(Oc2ccc(CN)cc2C)ccc1Br. The molecule has 0 fully saturated rings. The molecule has 94 valence electrons. The second-order valence-electron chi connectivity index (χ2n) is 4.32. The Labute approximate surface area is 116 Å². The predicted molar refractivity (Wildman–Crippen MR) is 78.0 cm³/mol. The van der Waals surface area contributed by atoms with Crippen molar-refractivity contribution in [1.82, 2.24) is 0 Å². The van der Waals surface area contributed by atoms with Crippen molar-refractivity contribution in [2.45, 2.75) is 20.4 Å². The zero-order valence-corrected chi connectivity index (χ0v) is 12.1. The first-order valence-corrected chi connectivity index (χ1v) is 6.63. The van der Waals surface area contributed by atoms with E-state index in [1.54, 1.807) is 0 Å². The van der Waals surface area contributed by atoms with E-state index in [1.165, 1.54) is 0 Å². The van der Waals surface area contributed by atoms with Gasteiger partial charge in [0.25, 0.3) is 0 Å². The summed E-state index contributed by atoms with van der Waals surface area (Å²) in [6, 6.07) is 12.0. The van der Waals surface area contributed by atoms with E-state index in [1.807, 2.05) is 44.2 Å². The maximum Gasteiger partial charge on any atom is 0.130 e. The van der Waals surface area contributed by atoms with Gasteiger partial charge >= 0.3 is 0 Å². The molecule has 0 bridgehead atoms. The van der Waals surface area contributed by atoms with Gasteiger partial charge in [-0.25, -0.2) is 0 Å². The van der Waals surface area contributed by atoms with Crippen LogP contribution in [0.4, 0.5) is 0 Å². The maximum atomic E-state index is 5.88. The van der Waals surface area contributed by atoms with E-state index in [0.717, 1.165) is 32.7 Å². The lowest BCUT2D eigenvalue weighted by molar-refractivity contribution is 0.478. The monoisotopic (exact) mass is 305 g/mol. The molecule has 0 atom stereocenters. The molecule has 0 aliphatic rings. The van der Waals surface area contributed by atoms with Crippen LogP contribution in [0.3, 0.4) is 0 Å². The molecule has 2 N–H and O–H groups in total. The summed E-state index contributed by atoms with van der Waals surface area (Å²) in [7, 11) is 0. The van der Waals surface area contributed by atoms with Crippen LogP contribution in [0.1, 0.15) is 16.7 Å². The number of rotatable bonds is 3. The van der Waals surface area contributed by atoms with Crippen molar-refractivity contribution in [3.63, 3.8) is 0 Å². The molecule has 2 rings (SSSR count). The highest BCUT2D eigenvalue weighted by Crippen LogP contribution is 2.28. The van der Waals surface area contributed by atoms with Crippen molar-refractivity contribution in [2.75, 3.05) is 0 Å². The van der Waals surface area contributed by atoms with Gasteiger partial charge in [0.2, 0.25) is 0 Å². The molecule has 18 heavy (non-hydrogen) atoms. The fraction of sp³-hybridized carbons (Fsp3) is 0.200. The molecule has 0 spiro atoms. The van der Waals surface area contributed by atoms with Crippen molar-refractivity contribution >= 4 is 15.9 Å². The van der Waals surface area contributed by atoms with Crippen LogP contribution in [0.5, 0.6) is 11.5 Å². The van der Waals surface area contributed by atoms with Gasteiger partial charge in [-0.3, -0.25) is 0 Å². The number of halogens is 1. The zero-order chi connectivity index (χ0) is 13.1. The van der Waals surface area contributed by atoms with E-state index in [0.29, 0.717) is 6.54 Å². The van der Waals surface area contributed by atoms with Crippen LogP contribution < -0.4 is 10.5 Å². The molecule has 0 radical (unpaired) electrons. The standard InChI is InChI=1S/C15H16BrNO/c1-10-8-13(4-5-14(10)16)18-15-6-3-12(9-17)7-11(15)2/h3-8H,9,17H2,1-2H3. The summed E-state index contributed by atoms with van der Waals surface area (Å²) in [5.41, 5.74) is 8.98. The molecule has 2 nitrogen and oxygen atoms in total. The van der Waals surface area contributed by atoms with Gasteiger partial charge in [0.15, 0.2) is 0 Å². The van der Waals surface area contributed by atoms with Gasteiger partial charge in [0, 0.05) is 11.0 Å². The van der Waals surface area contributed by atoms with E-state index in [-0.39, 0.29) is 0 Å². The second kappa shape index (κ2) is 5.55. The minimum atomic E-state index is 0.554. The number of hydrogen-bond donors (Lipinski definition) is 1. The van der Waals surface area contributed by atoms with Crippen molar-refractivity contribution in [3.05, 3.63) is 57.6 Å². The van der Waals surface area contributed by atoms with Gasteiger partial charge in [-0.15, -0.1) is 0 Å². The summed E-state index contributed by atoms with van der Waals surface area (Å²) in [6.07, 6.45) is 0. The Bertz CT molecular complexity index is 566. The lowest BCUT2D eigenvalue weighted by Gasteiger charge is -2.11. The van der Waals surface area contributed by atoms with Crippen LogP contribution in [-0.2, 0) is 6.54 Å². The van der Waals surface area contributed by atoms with E-state index in [2.05, 4.69) is 22.0 Å². The molecule has 0 unspecified atom stereocenters. The molecular formula is C15H16BrNO. The minimum absolute atomic E-state index is 0.554. The summed E-state index contributed by atoms with van der Waals surface area (Å²) in [6.45, 7) is 4.63. The van der Waals surface area contributed by atoms with E-state index in [9.17, 15) is 0 Å². The molecule has 2 aromatic carbocycles. The first-order valence-electron chi connectivity index (χ1n) is 5.84. The van der Waals surface area contributed by atoms with E-state index < -0.39 is 0 Å². The Morgan fingerprint density at radius 3 is 2.44 bits per heavy atom. The van der Waals surface area contributed by atoms with Crippen molar-refractivity contribution in [3.8, 4) is 11.5 Å². The highest BCUT2D eigenvalue weighted by Gasteiger charge is 2.04. The molecule has 0 heterocycles. The smallest absolute Gasteiger partial charge is 0.130 e. The molecule has 0 aliphatic heterocycles. The van der Waals surface area contributed by atoms with Crippen LogP contribution in [0, 0.1) is 13.8 Å². The summed E-state index contributed by atoms with van der Waals surface area (Å²) >= 11 is 3.48. The minimum Gasteiger partial charge on any atom is -0.457 e. The number of aryl methyl sites for hydroxylation is 2. The largest absolute Gasteiger partial charge is 0.457 e. The number of nitrogens with two attached hydrogens (primary N) is 1. The first-order chi connectivity index (χ1) is 8.60. The van der Waals surface area contributed by atoms with Gasteiger partial charge in [-0.2, -0.15) is 0 Å². The summed E-state index contributed by atoms with van der Waals surface area (Å²) in [4.78, 5) is 0. The number of benzene rings is 2. The highest BCUT2D eigenvalue weighted by atomic mass is 79.9. The van der Waals surface area contributed by atoms with Crippen LogP contribution in [0.25, 0.3) is 0 Å². The lowest BCUT2D eigenvalue weighted by Crippen LogP contribution is -1.97. The van der Waals surface area contributed by atoms with E-state index in [4.69, 9.17) is 10.5 Å². The zero-order valence-electron chi connectivity index (χ0n) is 10.5. The molecule has 0 saturated heterocycles. The second-order valence-corrected chi connectivity index (χ2v) is 5.17. The summed E-state index contributed by atoms with van der Waals surface area (Å²) in [5, 5.41) is 0. The quantitative estimate of drug-likeness (QED) is 0.916. The Balaban J connectivity index is 2.25. The third kappa shape index (κ3) is 2.92. The van der Waals surface area contributed by atoms with Gasteiger partial charge in [-0.1, -0.05) is 28.1 Å². The van der Waals surface area contributed by atoms with Crippen molar-refractivity contribution in [2.24, 2.45) is 5.73 Å². The molecule has 0 amide bonds. The average Bonchev–Trinajstić information content (AvgIpc) is 2.36. The maximum absolute atomic E-state index is 5.88. The Morgan fingerprint density at radius 2 is 1.83 bits per heavy atom. The van der Waals surface area contributed by atoms with Gasteiger partial charge in [0.1, 0.15) is 11.5 Å². The molecule has 3 heteroatoms. The Kier molecular flexibility index (Phi) is 4.04. The topological polar surface area (TPSA) is 35.2 Å². The molecule has 0 saturated carbocycles. The molecule has 2 aromatic rings. The van der Waals surface area contributed by atoms with Crippen LogP contribution in [-0.4, -0.2) is 0 Å². The fourth-order valence-corrected chi connectivity index (χ4v) is 2.01. The average molecular weight is 306 g/mol. The van der Waals surface area contributed by atoms with Crippen molar-refractivity contribution in [1.29, 1.82) is 0 Å². The van der Waals surface area contributed by atoms with Crippen molar-refractivity contribution < 1.29 is 4.74 Å². The van der Waals surface area contributed by atoms with Gasteiger partial charge in [-0.05, 0) is 54.8 Å². The third-order valence-electron chi connectivity index (χ3n) is 2.83. The fourth-order valence-electron chi connectivity index (χ4n) is 1.76. The number of ether oxygens (including phenoxy) is 1. The van der Waals surface area contributed by atoms with Gasteiger partial charge in [0.05, 0.1) is 0 Å². The molecular weight excluding hydrogens is 290 g/mol. The van der Waals surface area contributed by atoms with Crippen LogP contribution >= 0.6 is 15.9 Å². The number of hydrogen-bond acceptors (Lipinski definition) is 2. The lowest BCUT2D eigenvalue weighted by atomic mass is 10.1. The van der Waals surface area contributed by atoms with Gasteiger partial charge < -0.3 is 10.5 Å². The normalized spacial score (nSPS) is 10.4. The Morgan fingerprint density at radius 1 is 1.06 bits per heavy atom. The van der Waals surface area contributed by atoms with Crippen LogP contribution in [0.2, 0.25) is 0 Å². The van der Waals surface area contributed by atoms with E-state index >= 15 is 0 Å². The molecule has 0 aromatic heterocycles. The highest BCUT2D eigenvalue weighted by molar-refractivity contribution is 9.10. The van der Waals surface area contributed by atoms with Crippen LogP contribution in [0.15, 0.2) is 40.9 Å². The summed E-state index contributed by atoms with van der Waals surface area (Å²) < 4.78 is 6.97.